The number of pyridine rings is 1. The average Bonchev–Trinajstić information content (AvgIpc) is 3.14. The zero-order valence-corrected chi connectivity index (χ0v) is 19.3. The number of halogens is 3. The SMILES string of the molecule is C[C@H]1OC(=O)C2CC3/C(=N/O)CCCC3[C@H](/C=C/c3ccc(-c4cccc(C(F)(F)F)c4)cn3)C21. The van der Waals surface area contributed by atoms with E-state index < -0.39 is 11.7 Å². The molecule has 5 nitrogen and oxygen atoms in total. The molecule has 1 aliphatic heterocycles. The highest BCUT2D eigenvalue weighted by molar-refractivity contribution is 5.88. The molecule has 0 spiro atoms. The Hall–Kier alpha value is -3.16. The second kappa shape index (κ2) is 9.13. The zero-order valence-electron chi connectivity index (χ0n) is 19.3. The summed E-state index contributed by atoms with van der Waals surface area (Å²) in [5.41, 5.74) is 1.82. The number of ether oxygens (including phenoxy) is 1. The van der Waals surface area contributed by atoms with Gasteiger partial charge in [-0.15, -0.1) is 0 Å². The van der Waals surface area contributed by atoms with Crippen LogP contribution in [0.5, 0.6) is 0 Å². The van der Waals surface area contributed by atoms with Crippen LogP contribution in [0.1, 0.15) is 43.9 Å². The Labute approximate surface area is 201 Å². The van der Waals surface area contributed by atoms with Crippen molar-refractivity contribution >= 4 is 17.8 Å². The van der Waals surface area contributed by atoms with E-state index in [1.165, 1.54) is 6.07 Å². The fraction of sp³-hybridized carbons (Fsp3) is 0.444. The van der Waals surface area contributed by atoms with Crippen LogP contribution in [0.3, 0.4) is 0 Å². The van der Waals surface area contributed by atoms with Crippen LogP contribution < -0.4 is 0 Å². The van der Waals surface area contributed by atoms with Gasteiger partial charge in [0.05, 0.1) is 22.9 Å². The lowest BCUT2D eigenvalue weighted by Crippen LogP contribution is -2.46. The molecule has 2 heterocycles. The van der Waals surface area contributed by atoms with Crippen molar-refractivity contribution in [2.75, 3.05) is 0 Å². The van der Waals surface area contributed by atoms with Crippen LogP contribution in [0.15, 0.2) is 53.8 Å². The van der Waals surface area contributed by atoms with Crippen molar-refractivity contribution in [2.24, 2.45) is 34.7 Å². The second-order valence-corrected chi connectivity index (χ2v) is 9.80. The Morgan fingerprint density at radius 1 is 1.17 bits per heavy atom. The number of esters is 1. The van der Waals surface area contributed by atoms with Gasteiger partial charge in [-0.25, -0.2) is 0 Å². The number of oxime groups is 1. The van der Waals surface area contributed by atoms with Gasteiger partial charge in [-0.1, -0.05) is 29.4 Å². The van der Waals surface area contributed by atoms with E-state index in [1.54, 1.807) is 24.4 Å². The van der Waals surface area contributed by atoms with Gasteiger partial charge < -0.3 is 9.94 Å². The topological polar surface area (TPSA) is 71.8 Å². The minimum Gasteiger partial charge on any atom is -0.462 e. The Kier molecular flexibility index (Phi) is 6.15. The number of carbonyl (C=O) groups excluding carboxylic acids is 1. The van der Waals surface area contributed by atoms with Crippen LogP contribution in [0.4, 0.5) is 13.2 Å². The summed E-state index contributed by atoms with van der Waals surface area (Å²) in [6.45, 7) is 1.94. The summed E-state index contributed by atoms with van der Waals surface area (Å²) >= 11 is 0. The number of allylic oxidation sites excluding steroid dienone is 1. The first-order chi connectivity index (χ1) is 16.8. The van der Waals surface area contributed by atoms with Crippen LogP contribution in [0.25, 0.3) is 17.2 Å². The Morgan fingerprint density at radius 2 is 2.00 bits per heavy atom. The molecule has 35 heavy (non-hydrogen) atoms. The number of hydrogen-bond donors (Lipinski definition) is 1. The van der Waals surface area contributed by atoms with Gasteiger partial charge in [-0.2, -0.15) is 13.2 Å². The maximum Gasteiger partial charge on any atom is 0.416 e. The molecule has 8 heteroatoms. The zero-order chi connectivity index (χ0) is 24.7. The third kappa shape index (κ3) is 4.46. The Bertz CT molecular complexity index is 1160. The molecule has 1 aromatic heterocycles. The molecule has 4 unspecified atom stereocenters. The molecule has 0 radical (unpaired) electrons. The number of fused-ring (bicyclic) bond motifs is 2. The van der Waals surface area contributed by atoms with E-state index in [1.807, 2.05) is 13.0 Å². The Morgan fingerprint density at radius 3 is 2.71 bits per heavy atom. The van der Waals surface area contributed by atoms with Gasteiger partial charge in [0.1, 0.15) is 6.10 Å². The van der Waals surface area contributed by atoms with E-state index in [2.05, 4.69) is 16.2 Å². The van der Waals surface area contributed by atoms with Crippen molar-refractivity contribution in [3.05, 3.63) is 59.9 Å². The summed E-state index contributed by atoms with van der Waals surface area (Å²) in [6.07, 6.45) is 4.34. The van der Waals surface area contributed by atoms with Gasteiger partial charge in [0.15, 0.2) is 0 Å². The largest absolute Gasteiger partial charge is 0.462 e. The third-order valence-corrected chi connectivity index (χ3v) is 7.90. The molecule has 6 atom stereocenters. The molecule has 0 bridgehead atoms. The van der Waals surface area contributed by atoms with Gasteiger partial charge in [0.2, 0.25) is 0 Å². The number of rotatable bonds is 3. The molecular formula is C27H27F3N2O3. The summed E-state index contributed by atoms with van der Waals surface area (Å²) in [5, 5.41) is 13.1. The van der Waals surface area contributed by atoms with Crippen LogP contribution in [-0.4, -0.2) is 28.0 Å². The molecule has 2 aromatic rings. The smallest absolute Gasteiger partial charge is 0.416 e. The number of cyclic esters (lactones) is 1. The standard InChI is InChI=1S/C27H27F3N2O3/c1-15-25-21(20-6-3-7-24(32-34)22(20)13-23(25)26(33)35-15)11-10-19-9-8-17(14-31-19)16-4-2-5-18(12-16)27(28,29)30/h2,4-5,8-12,14-15,20-23,25,34H,3,6-7,13H2,1H3/b11-10+,32-24+/t15-,20?,21+,22?,23?,25?/m1/s1. The summed E-state index contributed by atoms with van der Waals surface area (Å²) in [4.78, 5) is 17.0. The lowest BCUT2D eigenvalue weighted by atomic mass is 9.57. The van der Waals surface area contributed by atoms with Crippen LogP contribution >= 0.6 is 0 Å². The molecule has 1 saturated heterocycles. The molecule has 1 aromatic carbocycles. The second-order valence-electron chi connectivity index (χ2n) is 9.80. The van der Waals surface area contributed by atoms with Crippen LogP contribution in [0.2, 0.25) is 0 Å². The van der Waals surface area contributed by atoms with Crippen molar-refractivity contribution in [3.8, 4) is 11.1 Å². The van der Waals surface area contributed by atoms with Gasteiger partial charge in [-0.3, -0.25) is 9.78 Å². The van der Waals surface area contributed by atoms with Gasteiger partial charge in [-0.05, 0) is 74.3 Å². The maximum absolute atomic E-state index is 13.1. The summed E-state index contributed by atoms with van der Waals surface area (Å²) < 4.78 is 44.8. The molecule has 3 aliphatic rings. The summed E-state index contributed by atoms with van der Waals surface area (Å²) in [5.74, 6) is 0.0506. The number of aromatic nitrogens is 1. The fourth-order valence-electron chi connectivity index (χ4n) is 6.31. The number of hydrogen-bond acceptors (Lipinski definition) is 5. The molecule has 2 saturated carbocycles. The number of nitrogens with zero attached hydrogens (tertiary/aromatic N) is 2. The minimum absolute atomic E-state index is 0.0544. The third-order valence-electron chi connectivity index (χ3n) is 7.90. The van der Waals surface area contributed by atoms with Crippen molar-refractivity contribution < 1.29 is 27.9 Å². The van der Waals surface area contributed by atoms with E-state index in [-0.39, 0.29) is 41.7 Å². The van der Waals surface area contributed by atoms with E-state index in [4.69, 9.17) is 4.74 Å². The molecule has 1 N–H and O–H groups in total. The predicted octanol–water partition coefficient (Wildman–Crippen LogP) is 6.22. The predicted molar refractivity (Wildman–Crippen MR) is 124 cm³/mol. The number of carbonyl (C=O) groups is 1. The average molecular weight is 485 g/mol. The van der Waals surface area contributed by atoms with Gasteiger partial charge in [0.25, 0.3) is 0 Å². The first kappa shape index (κ1) is 23.6. The van der Waals surface area contributed by atoms with E-state index in [9.17, 15) is 23.2 Å². The lowest BCUT2D eigenvalue weighted by Gasteiger charge is -2.45. The number of benzene rings is 1. The lowest BCUT2D eigenvalue weighted by molar-refractivity contribution is -0.144. The van der Waals surface area contributed by atoms with Crippen LogP contribution in [-0.2, 0) is 15.7 Å². The van der Waals surface area contributed by atoms with E-state index in [0.29, 0.717) is 23.2 Å². The molecule has 184 valence electrons. The van der Waals surface area contributed by atoms with Gasteiger partial charge >= 0.3 is 12.1 Å². The van der Waals surface area contributed by atoms with Crippen molar-refractivity contribution in [3.63, 3.8) is 0 Å². The van der Waals surface area contributed by atoms with Gasteiger partial charge in [0, 0.05) is 23.6 Å². The molecule has 0 amide bonds. The molecule has 3 fully saturated rings. The quantitative estimate of drug-likeness (QED) is 0.319. The summed E-state index contributed by atoms with van der Waals surface area (Å²) in [7, 11) is 0. The molecular weight excluding hydrogens is 457 g/mol. The van der Waals surface area contributed by atoms with Crippen molar-refractivity contribution in [1.29, 1.82) is 0 Å². The first-order valence-electron chi connectivity index (χ1n) is 12.0. The van der Waals surface area contributed by atoms with E-state index >= 15 is 0 Å². The highest BCUT2D eigenvalue weighted by Gasteiger charge is 2.55. The highest BCUT2D eigenvalue weighted by Crippen LogP contribution is 2.53. The van der Waals surface area contributed by atoms with Crippen molar-refractivity contribution in [1.82, 2.24) is 4.98 Å². The summed E-state index contributed by atoms with van der Waals surface area (Å²) in [6, 6.07) is 8.74. The van der Waals surface area contributed by atoms with Crippen molar-refractivity contribution in [2.45, 2.75) is 44.9 Å². The minimum atomic E-state index is -4.40. The van der Waals surface area contributed by atoms with Crippen LogP contribution in [0, 0.1) is 29.6 Å². The number of alkyl halides is 3. The molecule has 5 rings (SSSR count). The normalized spacial score (nSPS) is 31.9. The molecule has 2 aliphatic carbocycles. The Balaban J connectivity index is 1.40. The first-order valence-corrected chi connectivity index (χ1v) is 12.0. The maximum atomic E-state index is 13.1. The highest BCUT2D eigenvalue weighted by atomic mass is 19.4. The van der Waals surface area contributed by atoms with E-state index in [0.717, 1.165) is 37.1 Å². The fourth-order valence-corrected chi connectivity index (χ4v) is 6.31. The monoisotopic (exact) mass is 484 g/mol.